The Morgan fingerprint density at radius 3 is 2.20 bits per heavy atom. The number of nitrogens with one attached hydrogen (secondary N) is 1. The minimum atomic E-state index is -0.446. The highest BCUT2D eigenvalue weighted by molar-refractivity contribution is 5.93. The number of hydrogen-bond acceptors (Lipinski definition) is 4. The topological polar surface area (TPSA) is 55.9 Å². The summed E-state index contributed by atoms with van der Waals surface area (Å²) >= 11 is 0. The number of amides is 2. The van der Waals surface area contributed by atoms with Crippen molar-refractivity contribution in [3.63, 3.8) is 0 Å². The predicted octanol–water partition coefficient (Wildman–Crippen LogP) is 3.82. The second kappa shape index (κ2) is 10.3. The van der Waals surface area contributed by atoms with Gasteiger partial charge in [-0.3, -0.25) is 9.59 Å². The molecule has 1 saturated carbocycles. The van der Waals surface area contributed by atoms with E-state index in [0.29, 0.717) is 13.1 Å². The van der Waals surface area contributed by atoms with Crippen LogP contribution in [-0.4, -0.2) is 62.9 Å². The summed E-state index contributed by atoms with van der Waals surface area (Å²) in [4.78, 5) is 31.8. The van der Waals surface area contributed by atoms with Gasteiger partial charge in [0.25, 0.3) is 0 Å². The maximum Gasteiger partial charge on any atom is 0.228 e. The van der Waals surface area contributed by atoms with Crippen LogP contribution in [-0.2, 0) is 16.1 Å². The molecule has 0 saturated heterocycles. The Bertz CT molecular complexity index is 731. The van der Waals surface area contributed by atoms with Crippen molar-refractivity contribution in [3.8, 4) is 0 Å². The van der Waals surface area contributed by atoms with Crippen LogP contribution in [0.2, 0.25) is 0 Å². The minimum absolute atomic E-state index is 0.117. The van der Waals surface area contributed by atoms with Crippen molar-refractivity contribution in [3.05, 3.63) is 23.8 Å². The van der Waals surface area contributed by atoms with E-state index in [2.05, 4.69) is 15.1 Å². The number of likely N-dealkylation sites (N-methyl/N-ethyl adjacent to an activating group) is 1. The fraction of sp³-hybridized carbons (Fsp3) is 0.667. The van der Waals surface area contributed by atoms with Gasteiger partial charge in [-0.2, -0.15) is 0 Å². The van der Waals surface area contributed by atoms with Gasteiger partial charge in [0.05, 0.1) is 0 Å². The monoisotopic (exact) mass is 416 g/mol. The first-order valence-corrected chi connectivity index (χ1v) is 11.0. The third-order valence-electron chi connectivity index (χ3n) is 5.66. The first-order chi connectivity index (χ1) is 14.0. The first kappa shape index (κ1) is 24.2. The van der Waals surface area contributed by atoms with Gasteiger partial charge in [0, 0.05) is 56.4 Å². The zero-order valence-electron chi connectivity index (χ0n) is 19.9. The standard InChI is InChI=1S/C24H40N4O2/c1-24(2,3)23(30)28(15-14-26(4)5)17-19-16-20(12-13-21(19)27(6)7)25-22(29)18-10-8-9-11-18/h12-13,16,18H,8-11,14-15,17H2,1-7H3,(H,25,29). The fourth-order valence-corrected chi connectivity index (χ4v) is 3.91. The predicted molar refractivity (Wildman–Crippen MR) is 125 cm³/mol. The molecule has 0 spiro atoms. The van der Waals surface area contributed by atoms with Crippen molar-refractivity contribution >= 4 is 23.2 Å². The molecule has 2 rings (SSSR count). The van der Waals surface area contributed by atoms with Gasteiger partial charge in [0.15, 0.2) is 0 Å². The molecular formula is C24H40N4O2. The van der Waals surface area contributed by atoms with E-state index in [1.165, 1.54) is 0 Å². The highest BCUT2D eigenvalue weighted by Crippen LogP contribution is 2.29. The molecule has 0 bridgehead atoms. The second-order valence-corrected chi connectivity index (χ2v) is 9.99. The van der Waals surface area contributed by atoms with Crippen LogP contribution >= 0.6 is 0 Å². The summed E-state index contributed by atoms with van der Waals surface area (Å²) in [7, 11) is 8.05. The molecule has 1 aliphatic rings. The van der Waals surface area contributed by atoms with Crippen LogP contribution in [0, 0.1) is 11.3 Å². The largest absolute Gasteiger partial charge is 0.377 e. The summed E-state index contributed by atoms with van der Waals surface area (Å²) < 4.78 is 0. The normalized spacial score (nSPS) is 14.8. The van der Waals surface area contributed by atoms with E-state index in [-0.39, 0.29) is 17.7 Å². The Labute approximate surface area is 182 Å². The maximum absolute atomic E-state index is 13.1. The quantitative estimate of drug-likeness (QED) is 0.700. The van der Waals surface area contributed by atoms with Crippen molar-refractivity contribution in [2.45, 2.75) is 53.0 Å². The van der Waals surface area contributed by atoms with Crippen molar-refractivity contribution in [1.29, 1.82) is 0 Å². The Balaban J connectivity index is 2.27. The van der Waals surface area contributed by atoms with Crippen LogP contribution in [0.4, 0.5) is 11.4 Å². The molecule has 1 aromatic rings. The number of carbonyl (C=O) groups excluding carboxylic acids is 2. The number of nitrogens with zero attached hydrogens (tertiary/aromatic N) is 3. The van der Waals surface area contributed by atoms with Gasteiger partial charge in [0.1, 0.15) is 0 Å². The number of rotatable bonds is 8. The molecule has 1 N–H and O–H groups in total. The molecule has 2 amide bonds. The van der Waals surface area contributed by atoms with Crippen molar-refractivity contribution < 1.29 is 9.59 Å². The van der Waals surface area contributed by atoms with E-state index in [1.807, 2.05) is 72.1 Å². The summed E-state index contributed by atoms with van der Waals surface area (Å²) in [5.74, 6) is 0.377. The van der Waals surface area contributed by atoms with Gasteiger partial charge in [-0.15, -0.1) is 0 Å². The van der Waals surface area contributed by atoms with Crippen LogP contribution in [0.3, 0.4) is 0 Å². The van der Waals surface area contributed by atoms with Crippen LogP contribution in [0.1, 0.15) is 52.0 Å². The third-order valence-corrected chi connectivity index (χ3v) is 5.66. The molecular weight excluding hydrogens is 376 g/mol. The average Bonchev–Trinajstić information content (AvgIpc) is 3.18. The zero-order valence-corrected chi connectivity index (χ0v) is 19.9. The number of carbonyl (C=O) groups is 2. The summed E-state index contributed by atoms with van der Waals surface area (Å²) in [6, 6.07) is 6.02. The van der Waals surface area contributed by atoms with Crippen molar-refractivity contribution in [1.82, 2.24) is 9.80 Å². The summed E-state index contributed by atoms with van der Waals surface area (Å²) in [5.41, 5.74) is 2.47. The van der Waals surface area contributed by atoms with Gasteiger partial charge in [-0.1, -0.05) is 33.6 Å². The SMILES string of the molecule is CN(C)CCN(Cc1cc(NC(=O)C2CCCC2)ccc1N(C)C)C(=O)C(C)(C)C. The zero-order chi connectivity index (χ0) is 22.5. The highest BCUT2D eigenvalue weighted by Gasteiger charge is 2.28. The number of anilines is 2. The van der Waals surface area contributed by atoms with Crippen LogP contribution in [0.25, 0.3) is 0 Å². The highest BCUT2D eigenvalue weighted by atomic mass is 16.2. The average molecular weight is 417 g/mol. The van der Waals surface area contributed by atoms with Gasteiger partial charge < -0.3 is 20.0 Å². The summed E-state index contributed by atoms with van der Waals surface area (Å²) in [6.07, 6.45) is 4.23. The number of benzene rings is 1. The van der Waals surface area contributed by atoms with E-state index in [4.69, 9.17) is 0 Å². The van der Waals surface area contributed by atoms with E-state index >= 15 is 0 Å². The van der Waals surface area contributed by atoms with E-state index in [1.54, 1.807) is 0 Å². The second-order valence-electron chi connectivity index (χ2n) is 9.99. The Kier molecular flexibility index (Phi) is 8.30. The molecule has 0 radical (unpaired) electrons. The molecule has 1 fully saturated rings. The fourth-order valence-electron chi connectivity index (χ4n) is 3.91. The smallest absolute Gasteiger partial charge is 0.228 e. The summed E-state index contributed by atoms with van der Waals surface area (Å²) in [5, 5.41) is 3.10. The van der Waals surface area contributed by atoms with Gasteiger partial charge in [0.2, 0.25) is 11.8 Å². The van der Waals surface area contributed by atoms with E-state index in [0.717, 1.165) is 49.2 Å². The minimum Gasteiger partial charge on any atom is -0.377 e. The maximum atomic E-state index is 13.1. The summed E-state index contributed by atoms with van der Waals surface area (Å²) in [6.45, 7) is 7.87. The molecule has 30 heavy (non-hydrogen) atoms. The van der Waals surface area contributed by atoms with Gasteiger partial charge in [-0.05, 0) is 50.7 Å². The molecule has 0 aromatic heterocycles. The molecule has 0 heterocycles. The molecule has 6 heteroatoms. The first-order valence-electron chi connectivity index (χ1n) is 11.0. The van der Waals surface area contributed by atoms with Crippen LogP contribution in [0.5, 0.6) is 0 Å². The van der Waals surface area contributed by atoms with E-state index < -0.39 is 5.41 Å². The van der Waals surface area contributed by atoms with Crippen molar-refractivity contribution in [2.75, 3.05) is 51.5 Å². The molecule has 0 atom stereocenters. The van der Waals surface area contributed by atoms with Gasteiger partial charge in [-0.25, -0.2) is 0 Å². The molecule has 6 nitrogen and oxygen atoms in total. The van der Waals surface area contributed by atoms with Crippen LogP contribution in [0.15, 0.2) is 18.2 Å². The molecule has 0 aliphatic heterocycles. The molecule has 1 aliphatic carbocycles. The Hall–Kier alpha value is -2.08. The lowest BCUT2D eigenvalue weighted by Gasteiger charge is -2.32. The van der Waals surface area contributed by atoms with Crippen LogP contribution < -0.4 is 10.2 Å². The van der Waals surface area contributed by atoms with E-state index in [9.17, 15) is 9.59 Å². The molecule has 1 aromatic carbocycles. The Morgan fingerprint density at radius 2 is 1.67 bits per heavy atom. The Morgan fingerprint density at radius 1 is 1.03 bits per heavy atom. The molecule has 0 unspecified atom stereocenters. The third kappa shape index (κ3) is 6.73. The van der Waals surface area contributed by atoms with Gasteiger partial charge >= 0.3 is 0 Å². The molecule has 168 valence electrons. The number of hydrogen-bond donors (Lipinski definition) is 1. The lowest BCUT2D eigenvalue weighted by molar-refractivity contribution is -0.140. The van der Waals surface area contributed by atoms with Crippen molar-refractivity contribution in [2.24, 2.45) is 11.3 Å². The lowest BCUT2D eigenvalue weighted by atomic mass is 9.94. The lowest BCUT2D eigenvalue weighted by Crippen LogP contribution is -2.42.